The minimum atomic E-state index is -0.335. The van der Waals surface area contributed by atoms with Crippen LogP contribution in [0, 0.1) is 5.82 Å². The summed E-state index contributed by atoms with van der Waals surface area (Å²) >= 11 is 0. The van der Waals surface area contributed by atoms with Crippen LogP contribution in [-0.4, -0.2) is 37.0 Å². The Labute approximate surface area is 182 Å². The lowest BCUT2D eigenvalue weighted by Gasteiger charge is -2.33. The molecule has 1 saturated heterocycles. The van der Waals surface area contributed by atoms with Crippen molar-refractivity contribution >= 4 is 5.91 Å². The van der Waals surface area contributed by atoms with Crippen molar-refractivity contribution in [1.82, 2.24) is 10.2 Å². The number of carbonyl (C=O) groups is 1. The SMILES string of the molecule is COc1cccc(-c2ccc(CN3CCCC(NC(=O)c4ccc(F)cc4)C3)cc2)c1. The summed E-state index contributed by atoms with van der Waals surface area (Å²) in [5.74, 6) is 0.371. The van der Waals surface area contributed by atoms with E-state index in [9.17, 15) is 9.18 Å². The van der Waals surface area contributed by atoms with Gasteiger partial charge in [0.1, 0.15) is 11.6 Å². The minimum Gasteiger partial charge on any atom is -0.497 e. The second-order valence-electron chi connectivity index (χ2n) is 7.98. The van der Waals surface area contributed by atoms with E-state index in [0.717, 1.165) is 49.4 Å². The van der Waals surface area contributed by atoms with Crippen molar-refractivity contribution < 1.29 is 13.9 Å². The van der Waals surface area contributed by atoms with Gasteiger partial charge in [-0.1, -0.05) is 36.4 Å². The molecule has 3 aromatic carbocycles. The van der Waals surface area contributed by atoms with Gasteiger partial charge in [0.05, 0.1) is 7.11 Å². The van der Waals surface area contributed by atoms with Crippen LogP contribution in [0.25, 0.3) is 11.1 Å². The first-order valence-corrected chi connectivity index (χ1v) is 10.6. The average Bonchev–Trinajstić information content (AvgIpc) is 2.80. The van der Waals surface area contributed by atoms with Crippen molar-refractivity contribution in [3.05, 3.63) is 89.7 Å². The predicted molar refractivity (Wildman–Crippen MR) is 121 cm³/mol. The van der Waals surface area contributed by atoms with Crippen LogP contribution < -0.4 is 10.1 Å². The first kappa shape index (κ1) is 21.1. The Kier molecular flexibility index (Phi) is 6.63. The molecule has 1 fully saturated rings. The second-order valence-corrected chi connectivity index (χ2v) is 7.98. The van der Waals surface area contributed by atoms with Crippen molar-refractivity contribution in [2.45, 2.75) is 25.4 Å². The Morgan fingerprint density at radius 3 is 2.58 bits per heavy atom. The molecule has 4 rings (SSSR count). The molecule has 0 bridgehead atoms. The van der Waals surface area contributed by atoms with Crippen molar-refractivity contribution in [2.75, 3.05) is 20.2 Å². The van der Waals surface area contributed by atoms with E-state index in [0.29, 0.717) is 5.56 Å². The summed E-state index contributed by atoms with van der Waals surface area (Å²) in [7, 11) is 1.68. The summed E-state index contributed by atoms with van der Waals surface area (Å²) < 4.78 is 18.4. The highest BCUT2D eigenvalue weighted by atomic mass is 19.1. The number of likely N-dealkylation sites (tertiary alicyclic amines) is 1. The van der Waals surface area contributed by atoms with Gasteiger partial charge in [-0.2, -0.15) is 0 Å². The fraction of sp³-hybridized carbons (Fsp3) is 0.269. The molecule has 0 radical (unpaired) electrons. The van der Waals surface area contributed by atoms with E-state index in [4.69, 9.17) is 4.74 Å². The minimum absolute atomic E-state index is 0.0994. The molecule has 31 heavy (non-hydrogen) atoms. The lowest BCUT2D eigenvalue weighted by Crippen LogP contribution is -2.47. The van der Waals surface area contributed by atoms with Gasteiger partial charge in [-0.05, 0) is 72.5 Å². The quantitative estimate of drug-likeness (QED) is 0.619. The molecule has 1 heterocycles. The van der Waals surface area contributed by atoms with Crippen molar-refractivity contribution in [3.8, 4) is 16.9 Å². The molecule has 3 aromatic rings. The Hall–Kier alpha value is -3.18. The topological polar surface area (TPSA) is 41.6 Å². The van der Waals surface area contributed by atoms with Gasteiger partial charge in [0.2, 0.25) is 0 Å². The summed E-state index contributed by atoms with van der Waals surface area (Å²) in [4.78, 5) is 14.8. The van der Waals surface area contributed by atoms with E-state index >= 15 is 0 Å². The third kappa shape index (κ3) is 5.50. The molecule has 0 saturated carbocycles. The number of ether oxygens (including phenoxy) is 1. The fourth-order valence-corrected chi connectivity index (χ4v) is 4.05. The van der Waals surface area contributed by atoms with Gasteiger partial charge in [0.15, 0.2) is 0 Å². The lowest BCUT2D eigenvalue weighted by atomic mass is 10.0. The number of rotatable bonds is 6. The molecular formula is C26H27FN2O2. The van der Waals surface area contributed by atoms with Gasteiger partial charge in [0.25, 0.3) is 5.91 Å². The maximum absolute atomic E-state index is 13.1. The summed E-state index contributed by atoms with van der Waals surface area (Å²) in [5, 5.41) is 3.10. The molecule has 0 aromatic heterocycles. The number of halogens is 1. The summed E-state index contributed by atoms with van der Waals surface area (Å²) in [5.41, 5.74) is 4.03. The maximum Gasteiger partial charge on any atom is 0.251 e. The number of methoxy groups -OCH3 is 1. The summed E-state index contributed by atoms with van der Waals surface area (Å²) in [6.45, 7) is 2.67. The van der Waals surface area contributed by atoms with E-state index in [-0.39, 0.29) is 17.8 Å². The molecule has 4 nitrogen and oxygen atoms in total. The third-order valence-electron chi connectivity index (χ3n) is 5.71. The highest BCUT2D eigenvalue weighted by Gasteiger charge is 2.22. The van der Waals surface area contributed by atoms with Crippen LogP contribution >= 0.6 is 0 Å². The summed E-state index contributed by atoms with van der Waals surface area (Å²) in [6, 6.07) is 22.4. The molecule has 1 N–H and O–H groups in total. The number of nitrogens with one attached hydrogen (secondary N) is 1. The fourth-order valence-electron chi connectivity index (χ4n) is 4.05. The van der Waals surface area contributed by atoms with Gasteiger partial charge < -0.3 is 10.1 Å². The Morgan fingerprint density at radius 2 is 1.84 bits per heavy atom. The van der Waals surface area contributed by atoms with Crippen LogP contribution in [0.15, 0.2) is 72.8 Å². The van der Waals surface area contributed by atoms with E-state index in [1.165, 1.54) is 29.8 Å². The van der Waals surface area contributed by atoms with Gasteiger partial charge in [0, 0.05) is 24.7 Å². The smallest absolute Gasteiger partial charge is 0.251 e. The van der Waals surface area contributed by atoms with E-state index < -0.39 is 0 Å². The number of nitrogens with zero attached hydrogens (tertiary/aromatic N) is 1. The van der Waals surface area contributed by atoms with Crippen LogP contribution in [0.4, 0.5) is 4.39 Å². The highest BCUT2D eigenvalue weighted by molar-refractivity contribution is 5.94. The molecular weight excluding hydrogens is 391 g/mol. The molecule has 1 amide bonds. The van der Waals surface area contributed by atoms with Crippen LogP contribution in [0.1, 0.15) is 28.8 Å². The highest BCUT2D eigenvalue weighted by Crippen LogP contribution is 2.24. The zero-order chi connectivity index (χ0) is 21.6. The molecule has 0 spiro atoms. The number of hydrogen-bond acceptors (Lipinski definition) is 3. The molecule has 160 valence electrons. The molecule has 1 aliphatic heterocycles. The van der Waals surface area contributed by atoms with E-state index in [1.807, 2.05) is 18.2 Å². The summed E-state index contributed by atoms with van der Waals surface area (Å²) in [6.07, 6.45) is 1.99. The largest absolute Gasteiger partial charge is 0.497 e. The van der Waals surface area contributed by atoms with Crippen molar-refractivity contribution in [3.63, 3.8) is 0 Å². The number of amides is 1. The maximum atomic E-state index is 13.1. The molecule has 1 aliphatic rings. The Balaban J connectivity index is 1.34. The number of hydrogen-bond donors (Lipinski definition) is 1. The van der Waals surface area contributed by atoms with Crippen molar-refractivity contribution in [2.24, 2.45) is 0 Å². The van der Waals surface area contributed by atoms with Gasteiger partial charge >= 0.3 is 0 Å². The Bertz CT molecular complexity index is 1020. The normalized spacial score (nSPS) is 16.6. The van der Waals surface area contributed by atoms with Crippen LogP contribution in [-0.2, 0) is 6.54 Å². The van der Waals surface area contributed by atoms with Crippen LogP contribution in [0.3, 0.4) is 0 Å². The Morgan fingerprint density at radius 1 is 1.06 bits per heavy atom. The molecule has 0 aliphatic carbocycles. The molecule has 1 unspecified atom stereocenters. The van der Waals surface area contributed by atoms with Gasteiger partial charge in [-0.3, -0.25) is 9.69 Å². The number of benzene rings is 3. The van der Waals surface area contributed by atoms with Crippen molar-refractivity contribution in [1.29, 1.82) is 0 Å². The standard InChI is InChI=1S/C26H27FN2O2/c1-31-25-6-2-4-22(16-25)20-9-7-19(8-10-20)17-29-15-3-5-24(18-29)28-26(30)21-11-13-23(27)14-12-21/h2,4,6-14,16,24H,3,5,15,17-18H2,1H3,(H,28,30). The monoisotopic (exact) mass is 418 g/mol. The zero-order valence-corrected chi connectivity index (χ0v) is 17.7. The van der Waals surface area contributed by atoms with E-state index in [2.05, 4.69) is 40.5 Å². The zero-order valence-electron chi connectivity index (χ0n) is 17.7. The second kappa shape index (κ2) is 9.75. The number of carbonyl (C=O) groups excluding carboxylic acids is 1. The first-order valence-electron chi connectivity index (χ1n) is 10.6. The molecule has 1 atom stereocenters. The van der Waals surface area contributed by atoms with Crippen LogP contribution in [0.2, 0.25) is 0 Å². The first-order chi connectivity index (χ1) is 15.1. The molecule has 5 heteroatoms. The lowest BCUT2D eigenvalue weighted by molar-refractivity contribution is 0.0900. The number of piperidine rings is 1. The third-order valence-corrected chi connectivity index (χ3v) is 5.71. The van der Waals surface area contributed by atoms with Gasteiger partial charge in [-0.15, -0.1) is 0 Å². The van der Waals surface area contributed by atoms with Crippen LogP contribution in [0.5, 0.6) is 5.75 Å². The van der Waals surface area contributed by atoms with Gasteiger partial charge in [-0.25, -0.2) is 4.39 Å². The van der Waals surface area contributed by atoms with E-state index in [1.54, 1.807) is 7.11 Å². The predicted octanol–water partition coefficient (Wildman–Crippen LogP) is 4.90. The average molecular weight is 419 g/mol.